The summed E-state index contributed by atoms with van der Waals surface area (Å²) in [6, 6.07) is 0.194. The normalized spacial score (nSPS) is 11.1. The number of nitrogens with two attached hydrogens (primary N) is 1. The molecule has 0 amide bonds. The molecule has 0 aliphatic heterocycles. The Labute approximate surface area is 188 Å². The molecule has 0 saturated heterocycles. The molecule has 23 heteroatoms. The number of halogens is 6. The van der Waals surface area contributed by atoms with E-state index in [1.54, 1.807) is 7.11 Å². The summed E-state index contributed by atoms with van der Waals surface area (Å²) in [5.74, 6) is 0.523. The molecule has 0 aromatic carbocycles. The first kappa shape index (κ1) is 57.3. The fourth-order valence-corrected chi connectivity index (χ4v) is 0.385. The van der Waals surface area contributed by atoms with E-state index in [9.17, 15) is 26.3 Å². The van der Waals surface area contributed by atoms with Crippen molar-refractivity contribution in [3.63, 3.8) is 0 Å². The largest absolute Gasteiger partial charge is 2.00 e. The second kappa shape index (κ2) is 23.9. The molecule has 0 unspecified atom stereocenters. The Morgan fingerprint density at radius 3 is 1.03 bits per heavy atom. The minimum atomic E-state index is -6.09. The maximum atomic E-state index is 10.7. The minimum Gasteiger partial charge on any atom is -0.741 e. The van der Waals surface area contributed by atoms with Crippen LogP contribution < -0.4 is 30.3 Å². The van der Waals surface area contributed by atoms with Crippen molar-refractivity contribution in [3.8, 4) is 0 Å². The molecule has 0 aliphatic carbocycles. The number of hydrogen-bond donors (Lipinski definition) is 5. The molecule has 0 saturated carbocycles. The number of hydrogen-bond acceptors (Lipinski definition) is 14. The molecule has 1 atom stereocenters. The number of ether oxygens (including phenoxy) is 1. The third-order valence-corrected chi connectivity index (χ3v) is 2.92. The van der Waals surface area contributed by atoms with Crippen LogP contribution in [0, 0.1) is 16.7 Å². The van der Waals surface area contributed by atoms with Crippen molar-refractivity contribution in [2.45, 2.75) is 30.9 Å². The van der Waals surface area contributed by atoms with Crippen molar-refractivity contribution in [2.75, 3.05) is 13.7 Å². The van der Waals surface area contributed by atoms with Crippen LogP contribution in [0.5, 0.6) is 0 Å². The number of nitrogens with zero attached hydrogens (tertiary/aromatic N) is 2. The SMILES string of the molecule is COC[C@@H](N)C(C)C.N.N.N.N.N#N.O=S(=O)([O-])C(F)(F)F.O=S(=O)([O-])C(F)(F)F.[Os+2]. The van der Waals surface area contributed by atoms with Crippen molar-refractivity contribution < 1.29 is 76.8 Å². The second-order valence-electron chi connectivity index (χ2n) is 4.16. The smallest absolute Gasteiger partial charge is 0.741 e. The van der Waals surface area contributed by atoms with Crippen LogP contribution in [-0.4, -0.2) is 56.7 Å². The van der Waals surface area contributed by atoms with Crippen LogP contribution in [0.15, 0.2) is 0 Å². The predicted octanol–water partition coefficient (Wildman–Crippen LogP) is 1.39. The third kappa shape index (κ3) is 36.9. The van der Waals surface area contributed by atoms with E-state index in [4.69, 9.17) is 47.2 Å². The molecule has 198 valence electrons. The topological polar surface area (TPSA) is 337 Å². The summed E-state index contributed by atoms with van der Waals surface area (Å²) in [6.07, 6.45) is 0. The molecule has 0 heterocycles. The zero-order valence-electron chi connectivity index (χ0n) is 16.5. The summed E-state index contributed by atoms with van der Waals surface area (Å²) in [6.45, 7) is 4.84. The van der Waals surface area contributed by atoms with Gasteiger partial charge in [-0.25, -0.2) is 16.8 Å². The van der Waals surface area contributed by atoms with Gasteiger partial charge in [-0.1, -0.05) is 13.8 Å². The van der Waals surface area contributed by atoms with Gasteiger partial charge in [0.15, 0.2) is 20.2 Å². The van der Waals surface area contributed by atoms with Gasteiger partial charge < -0.3 is 44.2 Å². The van der Waals surface area contributed by atoms with E-state index in [0.717, 1.165) is 0 Å². The number of rotatable bonds is 3. The molecular weight excluding hydrogens is 674 g/mol. The molecule has 0 rings (SSSR count). The average Bonchev–Trinajstić information content (AvgIpc) is 2.38. The van der Waals surface area contributed by atoms with Crippen molar-refractivity contribution in [1.29, 1.82) is 10.8 Å². The summed E-state index contributed by atoms with van der Waals surface area (Å²) in [5, 5.41) is 12.0. The Morgan fingerprint density at radius 2 is 1.00 bits per heavy atom. The number of alkyl halides is 6. The van der Waals surface area contributed by atoms with Crippen LogP contribution in [0.4, 0.5) is 26.3 Å². The van der Waals surface area contributed by atoms with E-state index in [2.05, 4.69) is 13.8 Å². The first-order valence-electron chi connectivity index (χ1n) is 5.67. The zero-order valence-corrected chi connectivity index (χ0v) is 20.6. The second-order valence-corrected chi connectivity index (χ2v) is 6.91. The minimum absolute atomic E-state index is 0. The first-order chi connectivity index (χ1) is 11.2. The fraction of sp³-hybridized carbons (Fsp3) is 1.00. The van der Waals surface area contributed by atoms with Crippen LogP contribution in [0.25, 0.3) is 0 Å². The van der Waals surface area contributed by atoms with Gasteiger partial charge in [-0.15, -0.1) is 0 Å². The summed E-state index contributed by atoms with van der Waals surface area (Å²) in [4.78, 5) is 0. The van der Waals surface area contributed by atoms with Crippen molar-refractivity contribution >= 4 is 20.2 Å². The molecule has 31 heavy (non-hydrogen) atoms. The molecule has 0 aromatic heterocycles. The average molecular weight is 702 g/mol. The molecule has 0 aliphatic rings. The van der Waals surface area contributed by atoms with Gasteiger partial charge in [0.25, 0.3) is 0 Å². The molecule has 14 N–H and O–H groups in total. The van der Waals surface area contributed by atoms with Gasteiger partial charge in [-0.05, 0) is 5.92 Å². The summed E-state index contributed by atoms with van der Waals surface area (Å²) in [7, 11) is -10.5. The quantitative estimate of drug-likeness (QED) is 0.120. The molecule has 0 spiro atoms. The van der Waals surface area contributed by atoms with Gasteiger partial charge in [0.2, 0.25) is 0 Å². The van der Waals surface area contributed by atoms with Gasteiger partial charge >= 0.3 is 30.8 Å². The standard InChI is InChI=1S/C6H15NO.2CHF3O3S.N2.4H3N.Os/c1-5(2)6(7)4-8-3;2*2-1(3,4)8(5,6)7;1-2;;;;;/h5-6H,4,7H2,1-3H3;2*(H,5,6,7);;4*1H3;/q;;;;;;;;+2/p-2/t6-;;;;;;;;/m1......../s1. The Bertz CT molecular complexity index is 560. The maximum absolute atomic E-state index is 10.7. The van der Waals surface area contributed by atoms with E-state index in [1.807, 2.05) is 0 Å². The van der Waals surface area contributed by atoms with Crippen LogP contribution in [0.2, 0.25) is 0 Å². The molecule has 14 nitrogen and oxygen atoms in total. The Balaban J connectivity index is -0.0000000298. The Morgan fingerprint density at radius 1 is 0.839 bits per heavy atom. The summed E-state index contributed by atoms with van der Waals surface area (Å²) >= 11 is 0. The van der Waals surface area contributed by atoms with E-state index in [-0.39, 0.29) is 50.4 Å². The van der Waals surface area contributed by atoms with Crippen LogP contribution >= 0.6 is 0 Å². The monoisotopic (exact) mass is 703 g/mol. The fourth-order valence-electron chi connectivity index (χ4n) is 0.385. The van der Waals surface area contributed by atoms with E-state index in [0.29, 0.717) is 12.5 Å². The summed E-state index contributed by atoms with van der Waals surface area (Å²) in [5.41, 5.74) is -5.69. The number of methoxy groups -OCH3 is 1. The van der Waals surface area contributed by atoms with Crippen LogP contribution in [0.1, 0.15) is 13.8 Å². The van der Waals surface area contributed by atoms with Crippen molar-refractivity contribution in [2.24, 2.45) is 11.7 Å². The molecule has 0 aromatic rings. The van der Waals surface area contributed by atoms with E-state index >= 15 is 0 Å². The predicted molar refractivity (Wildman–Crippen MR) is 89.7 cm³/mol. The molecule has 0 fully saturated rings. The molecule has 0 radical (unpaired) electrons. The van der Waals surface area contributed by atoms with E-state index < -0.39 is 31.3 Å². The van der Waals surface area contributed by atoms with E-state index in [1.165, 1.54) is 0 Å². The maximum Gasteiger partial charge on any atom is 2.00 e. The van der Waals surface area contributed by atoms with Gasteiger partial charge in [-0.2, -0.15) is 26.3 Å². The van der Waals surface area contributed by atoms with Crippen molar-refractivity contribution in [3.05, 3.63) is 0 Å². The Hall–Kier alpha value is -0.784. The first-order valence-corrected chi connectivity index (χ1v) is 8.49. The van der Waals surface area contributed by atoms with Gasteiger partial charge in [-0.3, -0.25) is 0 Å². The molecular formula is C8H27F6N7O7OsS2. The van der Waals surface area contributed by atoms with Crippen LogP contribution in [-0.2, 0) is 44.8 Å². The Kier molecular flexibility index (Phi) is 44.1. The van der Waals surface area contributed by atoms with Gasteiger partial charge in [0.1, 0.15) is 0 Å². The summed E-state index contributed by atoms with van der Waals surface area (Å²) < 4.78 is 123. The zero-order chi connectivity index (χ0) is 22.6. The van der Waals surface area contributed by atoms with Crippen LogP contribution in [0.3, 0.4) is 0 Å². The third-order valence-electron chi connectivity index (χ3n) is 1.78. The van der Waals surface area contributed by atoms with Gasteiger partial charge in [0.05, 0.1) is 6.61 Å². The van der Waals surface area contributed by atoms with Gasteiger partial charge in [0, 0.05) is 23.9 Å². The van der Waals surface area contributed by atoms with Crippen molar-refractivity contribution in [1.82, 2.24) is 24.6 Å². The molecule has 0 bridgehead atoms.